The average molecular weight is 202 g/mol. The number of hydrogen-bond donors (Lipinski definition) is 0. The Hall–Kier alpha value is -1.37. The standard InChI is InChI=1S/C11H10O.C3H8/c1-8-2-3-9-4-5-11(12)7-10(9)6-8;1-3-2/h2-6H,7H2,1H3;3H2,1-2H3. The fourth-order valence-corrected chi connectivity index (χ4v) is 1.48. The van der Waals surface area contributed by atoms with Crippen LogP contribution in [0, 0.1) is 6.92 Å². The molecular weight excluding hydrogens is 184 g/mol. The Morgan fingerprint density at radius 3 is 2.53 bits per heavy atom. The van der Waals surface area contributed by atoms with Gasteiger partial charge < -0.3 is 0 Å². The first-order valence-electron chi connectivity index (χ1n) is 5.47. The second-order valence-electron chi connectivity index (χ2n) is 3.89. The van der Waals surface area contributed by atoms with E-state index in [-0.39, 0.29) is 5.78 Å². The van der Waals surface area contributed by atoms with Gasteiger partial charge in [-0.3, -0.25) is 4.79 Å². The van der Waals surface area contributed by atoms with E-state index in [0.717, 1.165) is 5.56 Å². The number of carbonyl (C=O) groups excluding carboxylic acids is 1. The lowest BCUT2D eigenvalue weighted by Crippen LogP contribution is -2.05. The van der Waals surface area contributed by atoms with Crippen molar-refractivity contribution >= 4 is 11.9 Å². The van der Waals surface area contributed by atoms with Crippen LogP contribution in [0.2, 0.25) is 0 Å². The average Bonchev–Trinajstić information content (AvgIpc) is 2.18. The van der Waals surface area contributed by atoms with Crippen molar-refractivity contribution in [3.05, 3.63) is 41.0 Å². The molecule has 0 heterocycles. The van der Waals surface area contributed by atoms with Gasteiger partial charge in [-0.2, -0.15) is 0 Å². The van der Waals surface area contributed by atoms with Crippen LogP contribution in [-0.2, 0) is 11.2 Å². The predicted molar refractivity (Wildman–Crippen MR) is 64.9 cm³/mol. The van der Waals surface area contributed by atoms with Crippen LogP contribution >= 0.6 is 0 Å². The normalized spacial score (nSPS) is 12.9. The van der Waals surface area contributed by atoms with Gasteiger partial charge in [0.05, 0.1) is 0 Å². The van der Waals surface area contributed by atoms with Crippen LogP contribution < -0.4 is 0 Å². The molecule has 1 heteroatoms. The molecule has 1 aliphatic carbocycles. The quantitative estimate of drug-likeness (QED) is 0.628. The molecule has 0 N–H and O–H groups in total. The third-order valence-corrected chi connectivity index (χ3v) is 2.11. The summed E-state index contributed by atoms with van der Waals surface area (Å²) in [5.41, 5.74) is 3.56. The molecule has 0 atom stereocenters. The molecule has 0 amide bonds. The highest BCUT2D eigenvalue weighted by atomic mass is 16.1. The summed E-state index contributed by atoms with van der Waals surface area (Å²) in [4.78, 5) is 11.1. The SMILES string of the molecule is CCC.Cc1ccc2c(c1)CC(=O)C=C2. The minimum Gasteiger partial charge on any atom is -0.294 e. The predicted octanol–water partition coefficient (Wildman–Crippen LogP) is 3.55. The molecule has 1 nitrogen and oxygen atoms in total. The van der Waals surface area contributed by atoms with E-state index < -0.39 is 0 Å². The van der Waals surface area contributed by atoms with Crippen molar-refractivity contribution in [2.45, 2.75) is 33.6 Å². The molecule has 0 spiro atoms. The molecule has 1 aliphatic rings. The number of benzene rings is 1. The molecular formula is C14H18O. The van der Waals surface area contributed by atoms with Crippen molar-refractivity contribution in [2.75, 3.05) is 0 Å². The second-order valence-corrected chi connectivity index (χ2v) is 3.89. The zero-order valence-electron chi connectivity index (χ0n) is 9.71. The summed E-state index contributed by atoms with van der Waals surface area (Å²) in [6, 6.07) is 6.21. The van der Waals surface area contributed by atoms with Crippen molar-refractivity contribution in [3.8, 4) is 0 Å². The minimum absolute atomic E-state index is 0.202. The number of fused-ring (bicyclic) bond motifs is 1. The first-order valence-corrected chi connectivity index (χ1v) is 5.47. The highest BCUT2D eigenvalue weighted by Gasteiger charge is 2.09. The van der Waals surface area contributed by atoms with Crippen molar-refractivity contribution in [1.29, 1.82) is 0 Å². The number of hydrogen-bond acceptors (Lipinski definition) is 1. The van der Waals surface area contributed by atoms with E-state index in [1.54, 1.807) is 6.08 Å². The third-order valence-electron chi connectivity index (χ3n) is 2.11. The van der Waals surface area contributed by atoms with E-state index in [2.05, 4.69) is 32.0 Å². The second kappa shape index (κ2) is 5.50. The maximum atomic E-state index is 11.1. The lowest BCUT2D eigenvalue weighted by atomic mass is 9.95. The van der Waals surface area contributed by atoms with Gasteiger partial charge in [-0.25, -0.2) is 0 Å². The zero-order valence-corrected chi connectivity index (χ0v) is 9.71. The molecule has 0 saturated heterocycles. The van der Waals surface area contributed by atoms with E-state index in [1.165, 1.54) is 17.5 Å². The van der Waals surface area contributed by atoms with Crippen molar-refractivity contribution in [3.63, 3.8) is 0 Å². The first-order chi connectivity index (χ1) is 7.17. The van der Waals surface area contributed by atoms with E-state index in [9.17, 15) is 4.79 Å². The van der Waals surface area contributed by atoms with Crippen LogP contribution in [0.25, 0.3) is 6.08 Å². The van der Waals surface area contributed by atoms with Crippen LogP contribution in [0.15, 0.2) is 24.3 Å². The number of allylic oxidation sites excluding steroid dienone is 1. The highest BCUT2D eigenvalue weighted by molar-refractivity contribution is 5.98. The number of ketones is 1. The minimum atomic E-state index is 0.202. The zero-order chi connectivity index (χ0) is 11.3. The maximum absolute atomic E-state index is 11.1. The van der Waals surface area contributed by atoms with Crippen LogP contribution in [0.4, 0.5) is 0 Å². The molecule has 0 fully saturated rings. The van der Waals surface area contributed by atoms with E-state index in [0.29, 0.717) is 6.42 Å². The van der Waals surface area contributed by atoms with Crippen LogP contribution in [0.1, 0.15) is 37.0 Å². The van der Waals surface area contributed by atoms with Crippen LogP contribution in [0.5, 0.6) is 0 Å². The fourth-order valence-electron chi connectivity index (χ4n) is 1.48. The van der Waals surface area contributed by atoms with Gasteiger partial charge in [-0.1, -0.05) is 50.1 Å². The molecule has 0 aliphatic heterocycles. The molecule has 0 radical (unpaired) electrons. The first kappa shape index (κ1) is 11.7. The van der Waals surface area contributed by atoms with Gasteiger partial charge in [0.2, 0.25) is 0 Å². The Morgan fingerprint density at radius 1 is 1.20 bits per heavy atom. The lowest BCUT2D eigenvalue weighted by Gasteiger charge is -2.09. The summed E-state index contributed by atoms with van der Waals surface area (Å²) in [5, 5.41) is 0. The fraction of sp³-hybridized carbons (Fsp3) is 0.357. The molecule has 0 saturated carbocycles. The third kappa shape index (κ3) is 3.35. The summed E-state index contributed by atoms with van der Waals surface area (Å²) in [5.74, 6) is 0.202. The molecule has 15 heavy (non-hydrogen) atoms. The molecule has 1 aromatic rings. The van der Waals surface area contributed by atoms with Crippen LogP contribution in [0.3, 0.4) is 0 Å². The Morgan fingerprint density at radius 2 is 1.87 bits per heavy atom. The van der Waals surface area contributed by atoms with E-state index in [1.807, 2.05) is 13.0 Å². The summed E-state index contributed by atoms with van der Waals surface area (Å²) in [7, 11) is 0. The smallest absolute Gasteiger partial charge is 0.160 e. The van der Waals surface area contributed by atoms with Gasteiger partial charge in [0, 0.05) is 6.42 Å². The molecule has 0 aromatic heterocycles. The summed E-state index contributed by atoms with van der Waals surface area (Å²) in [6.07, 6.45) is 5.35. The van der Waals surface area contributed by atoms with Gasteiger partial charge >= 0.3 is 0 Å². The topological polar surface area (TPSA) is 17.1 Å². The largest absolute Gasteiger partial charge is 0.294 e. The molecule has 0 bridgehead atoms. The summed E-state index contributed by atoms with van der Waals surface area (Å²) < 4.78 is 0. The van der Waals surface area contributed by atoms with Gasteiger partial charge in [0.15, 0.2) is 5.78 Å². The highest BCUT2D eigenvalue weighted by Crippen LogP contribution is 2.18. The van der Waals surface area contributed by atoms with Gasteiger partial charge in [-0.05, 0) is 24.1 Å². The summed E-state index contributed by atoms with van der Waals surface area (Å²) in [6.45, 7) is 6.29. The molecule has 1 aromatic carbocycles. The Kier molecular flexibility index (Phi) is 4.29. The van der Waals surface area contributed by atoms with Gasteiger partial charge in [0.1, 0.15) is 0 Å². The van der Waals surface area contributed by atoms with E-state index >= 15 is 0 Å². The number of rotatable bonds is 0. The van der Waals surface area contributed by atoms with Crippen LogP contribution in [-0.4, -0.2) is 5.78 Å². The summed E-state index contributed by atoms with van der Waals surface area (Å²) >= 11 is 0. The Balaban J connectivity index is 0.000000337. The monoisotopic (exact) mass is 202 g/mol. The van der Waals surface area contributed by atoms with Gasteiger partial charge in [-0.15, -0.1) is 0 Å². The molecule has 2 rings (SSSR count). The molecule has 0 unspecified atom stereocenters. The van der Waals surface area contributed by atoms with Gasteiger partial charge in [0.25, 0.3) is 0 Å². The maximum Gasteiger partial charge on any atom is 0.160 e. The van der Waals surface area contributed by atoms with Crippen molar-refractivity contribution in [2.24, 2.45) is 0 Å². The van der Waals surface area contributed by atoms with E-state index in [4.69, 9.17) is 0 Å². The Bertz CT molecular complexity index is 375. The number of aryl methyl sites for hydroxylation is 1. The Labute approximate surface area is 91.8 Å². The van der Waals surface area contributed by atoms with Crippen molar-refractivity contribution < 1.29 is 4.79 Å². The lowest BCUT2D eigenvalue weighted by molar-refractivity contribution is -0.114. The number of carbonyl (C=O) groups is 1. The molecule has 80 valence electrons. The van der Waals surface area contributed by atoms with Crippen molar-refractivity contribution in [1.82, 2.24) is 0 Å².